The number of nitrogens with one attached hydrogen (secondary N) is 1. The van der Waals surface area contributed by atoms with Crippen molar-refractivity contribution in [3.63, 3.8) is 0 Å². The highest BCUT2D eigenvalue weighted by Crippen LogP contribution is 2.38. The summed E-state index contributed by atoms with van der Waals surface area (Å²) in [6.07, 6.45) is 5.77. The molecule has 39 heavy (non-hydrogen) atoms. The molecule has 4 aromatic rings. The first kappa shape index (κ1) is 26.1. The number of anilines is 2. The van der Waals surface area contributed by atoms with E-state index >= 15 is 0 Å². The zero-order valence-corrected chi connectivity index (χ0v) is 23.0. The number of halogens is 1. The fraction of sp³-hybridized carbons (Fsp3) is 0.448. The van der Waals surface area contributed by atoms with Gasteiger partial charge in [-0.2, -0.15) is 0 Å². The Bertz CT molecular complexity index is 1420. The zero-order valence-electron chi connectivity index (χ0n) is 22.2. The predicted octanol–water partition coefficient (Wildman–Crippen LogP) is 5.35. The molecule has 0 aliphatic carbocycles. The van der Waals surface area contributed by atoms with Gasteiger partial charge in [0.2, 0.25) is 0 Å². The molecular weight excluding hydrogens is 518 g/mol. The second-order valence-corrected chi connectivity index (χ2v) is 10.6. The summed E-state index contributed by atoms with van der Waals surface area (Å²) in [4.78, 5) is 14.0. The number of hydrogen-bond acceptors (Lipinski definition) is 9. The van der Waals surface area contributed by atoms with E-state index in [2.05, 4.69) is 32.1 Å². The Labute approximate surface area is 233 Å². The molecule has 2 aliphatic rings. The summed E-state index contributed by atoms with van der Waals surface area (Å²) in [5.74, 6) is 2.07. The van der Waals surface area contributed by atoms with E-state index in [1.165, 1.54) is 0 Å². The molecule has 206 valence electrons. The van der Waals surface area contributed by atoms with E-state index < -0.39 is 0 Å². The second kappa shape index (κ2) is 12.0. The van der Waals surface area contributed by atoms with Crippen molar-refractivity contribution in [3.8, 4) is 11.5 Å². The van der Waals surface area contributed by atoms with E-state index in [-0.39, 0.29) is 6.10 Å². The number of fused-ring (bicyclic) bond motifs is 2. The molecule has 9 nitrogen and oxygen atoms in total. The molecule has 0 atom stereocenters. The lowest BCUT2D eigenvalue weighted by Crippen LogP contribution is -2.44. The number of ether oxygens (including phenoxy) is 3. The van der Waals surface area contributed by atoms with Crippen LogP contribution in [0.25, 0.3) is 21.9 Å². The molecule has 1 N–H and O–H groups in total. The van der Waals surface area contributed by atoms with Gasteiger partial charge < -0.3 is 33.7 Å². The van der Waals surface area contributed by atoms with Gasteiger partial charge in [-0.3, -0.25) is 0 Å². The van der Waals surface area contributed by atoms with E-state index in [1.54, 1.807) is 12.6 Å². The van der Waals surface area contributed by atoms with Crippen LogP contribution >= 0.6 is 11.6 Å². The molecular formula is C29H34ClN5O4. The van der Waals surface area contributed by atoms with Crippen molar-refractivity contribution in [2.45, 2.75) is 25.4 Å². The fourth-order valence-corrected chi connectivity index (χ4v) is 5.37. The van der Waals surface area contributed by atoms with Crippen LogP contribution in [0.5, 0.6) is 11.5 Å². The molecule has 2 aliphatic heterocycles. The number of hydrogen-bond donors (Lipinski definition) is 1. The minimum Gasteiger partial charge on any atom is -0.493 e. The Hall–Kier alpha value is -3.11. The van der Waals surface area contributed by atoms with Crippen LogP contribution in [0.1, 0.15) is 19.3 Å². The minimum absolute atomic E-state index is 0.0507. The van der Waals surface area contributed by atoms with Gasteiger partial charge in [0.25, 0.3) is 0 Å². The van der Waals surface area contributed by atoms with Crippen molar-refractivity contribution in [1.82, 2.24) is 19.8 Å². The minimum atomic E-state index is 0.0507. The highest BCUT2D eigenvalue weighted by molar-refractivity contribution is 6.35. The quantitative estimate of drug-likeness (QED) is 0.277. The average Bonchev–Trinajstić information content (AvgIpc) is 3.34. The third kappa shape index (κ3) is 6.06. The largest absolute Gasteiger partial charge is 0.493 e. The maximum atomic E-state index is 6.55. The van der Waals surface area contributed by atoms with Gasteiger partial charge in [-0.1, -0.05) is 17.7 Å². The third-order valence-corrected chi connectivity index (χ3v) is 7.72. The van der Waals surface area contributed by atoms with Gasteiger partial charge in [0.1, 0.15) is 36.0 Å². The molecule has 0 amide bonds. The zero-order chi connectivity index (χ0) is 26.6. The molecule has 4 heterocycles. The van der Waals surface area contributed by atoms with Crippen molar-refractivity contribution < 1.29 is 18.6 Å². The first-order valence-electron chi connectivity index (χ1n) is 13.6. The van der Waals surface area contributed by atoms with Crippen LogP contribution in [0.3, 0.4) is 0 Å². The molecule has 2 saturated heterocycles. The molecule has 10 heteroatoms. The molecule has 2 aromatic heterocycles. The summed E-state index contributed by atoms with van der Waals surface area (Å²) in [5.41, 5.74) is 2.18. The Morgan fingerprint density at radius 2 is 1.95 bits per heavy atom. The first-order chi connectivity index (χ1) is 19.1. The number of likely N-dealkylation sites (N-methyl/N-ethyl adjacent to an activating group) is 1. The molecule has 0 saturated carbocycles. The van der Waals surface area contributed by atoms with Crippen LogP contribution in [0.2, 0.25) is 5.02 Å². The van der Waals surface area contributed by atoms with Crippen molar-refractivity contribution >= 4 is 45.0 Å². The summed E-state index contributed by atoms with van der Waals surface area (Å²) in [7, 11) is 2.18. The number of rotatable bonds is 9. The maximum absolute atomic E-state index is 6.55. The van der Waals surface area contributed by atoms with E-state index in [9.17, 15) is 0 Å². The molecule has 0 unspecified atom stereocenters. The molecule has 0 bridgehead atoms. The van der Waals surface area contributed by atoms with Gasteiger partial charge in [-0.05, 0) is 25.6 Å². The summed E-state index contributed by atoms with van der Waals surface area (Å²) >= 11 is 6.30. The van der Waals surface area contributed by atoms with Gasteiger partial charge in [-0.25, -0.2) is 9.97 Å². The molecule has 0 spiro atoms. The fourth-order valence-electron chi connectivity index (χ4n) is 5.18. The lowest BCUT2D eigenvalue weighted by Gasteiger charge is -2.32. The standard InChI is InChI=1S/C29H34ClN5O4/c1-34-9-11-35(12-10-34)8-3-13-37-21-16-25-27(26(17-21)39-20-6-14-36-15-7-20)29(32-19-31-25)33-24-5-2-4-22-23(30)18-38-28(22)24/h2,4-5,16-20H,3,6-15H2,1H3,(H,31,32,33). The number of piperazine rings is 1. The lowest BCUT2D eigenvalue weighted by atomic mass is 10.1. The predicted molar refractivity (Wildman–Crippen MR) is 153 cm³/mol. The number of aromatic nitrogens is 2. The van der Waals surface area contributed by atoms with Crippen LogP contribution in [0.15, 0.2) is 47.3 Å². The lowest BCUT2D eigenvalue weighted by molar-refractivity contribution is 0.0261. The van der Waals surface area contributed by atoms with Crippen LogP contribution in [0.4, 0.5) is 11.5 Å². The number of para-hydroxylation sites is 1. The van der Waals surface area contributed by atoms with Gasteiger partial charge in [-0.15, -0.1) is 0 Å². The molecule has 2 aromatic carbocycles. The Morgan fingerprint density at radius 3 is 2.79 bits per heavy atom. The third-order valence-electron chi connectivity index (χ3n) is 7.43. The van der Waals surface area contributed by atoms with E-state index in [0.29, 0.717) is 42.0 Å². The Balaban J connectivity index is 1.25. The van der Waals surface area contributed by atoms with Crippen molar-refractivity contribution in [1.29, 1.82) is 0 Å². The summed E-state index contributed by atoms with van der Waals surface area (Å²) in [6.45, 7) is 7.51. The summed E-state index contributed by atoms with van der Waals surface area (Å²) in [5, 5.41) is 5.64. The molecule has 2 fully saturated rings. The Kier molecular flexibility index (Phi) is 8.01. The average molecular weight is 552 g/mol. The van der Waals surface area contributed by atoms with Crippen LogP contribution in [-0.2, 0) is 4.74 Å². The highest BCUT2D eigenvalue weighted by atomic mass is 35.5. The van der Waals surface area contributed by atoms with Gasteiger partial charge in [0.05, 0.1) is 41.4 Å². The molecule has 0 radical (unpaired) electrons. The number of benzene rings is 2. The summed E-state index contributed by atoms with van der Waals surface area (Å²) < 4.78 is 24.1. The van der Waals surface area contributed by atoms with Crippen LogP contribution in [-0.4, -0.2) is 85.5 Å². The SMILES string of the molecule is CN1CCN(CCCOc2cc(OC3CCOCC3)c3c(Nc4cccc5c(Cl)coc45)ncnc3c2)CC1. The van der Waals surface area contributed by atoms with Gasteiger partial charge in [0, 0.05) is 63.1 Å². The highest BCUT2D eigenvalue weighted by Gasteiger charge is 2.21. The Morgan fingerprint density at radius 1 is 1.10 bits per heavy atom. The van der Waals surface area contributed by atoms with Gasteiger partial charge >= 0.3 is 0 Å². The van der Waals surface area contributed by atoms with Crippen molar-refractivity contribution in [3.05, 3.63) is 47.9 Å². The second-order valence-electron chi connectivity index (χ2n) is 10.2. The van der Waals surface area contributed by atoms with Crippen LogP contribution in [0, 0.1) is 0 Å². The van der Waals surface area contributed by atoms with Gasteiger partial charge in [0.15, 0.2) is 5.58 Å². The monoisotopic (exact) mass is 551 g/mol. The smallest absolute Gasteiger partial charge is 0.158 e. The summed E-state index contributed by atoms with van der Waals surface area (Å²) in [6, 6.07) is 9.72. The van der Waals surface area contributed by atoms with E-state index in [0.717, 1.165) is 79.7 Å². The normalized spacial score (nSPS) is 17.6. The first-order valence-corrected chi connectivity index (χ1v) is 14.0. The maximum Gasteiger partial charge on any atom is 0.158 e. The topological polar surface area (TPSA) is 85.1 Å². The van der Waals surface area contributed by atoms with Crippen molar-refractivity contribution in [2.24, 2.45) is 0 Å². The van der Waals surface area contributed by atoms with Crippen molar-refractivity contribution in [2.75, 3.05) is 64.9 Å². The van der Waals surface area contributed by atoms with E-state index in [4.69, 9.17) is 30.2 Å². The van der Waals surface area contributed by atoms with Crippen LogP contribution < -0.4 is 14.8 Å². The van der Waals surface area contributed by atoms with E-state index in [1.807, 2.05) is 30.3 Å². The number of nitrogens with zero attached hydrogens (tertiary/aromatic N) is 4. The number of furan rings is 1. The molecule has 6 rings (SSSR count).